The van der Waals surface area contributed by atoms with Crippen LogP contribution in [0.2, 0.25) is 5.02 Å². The highest BCUT2D eigenvalue weighted by Crippen LogP contribution is 2.24. The zero-order chi connectivity index (χ0) is 15.4. The van der Waals surface area contributed by atoms with Crippen molar-refractivity contribution in [3.63, 3.8) is 0 Å². The van der Waals surface area contributed by atoms with E-state index in [9.17, 15) is 4.79 Å². The Balaban J connectivity index is 2.26. The van der Waals surface area contributed by atoms with E-state index >= 15 is 0 Å². The molecule has 0 aliphatic carbocycles. The predicted molar refractivity (Wildman–Crippen MR) is 83.1 cm³/mol. The molecule has 0 saturated heterocycles. The molecule has 0 unspecified atom stereocenters. The van der Waals surface area contributed by atoms with Crippen LogP contribution < -0.4 is 16.6 Å². The van der Waals surface area contributed by atoms with Gasteiger partial charge in [0.15, 0.2) is 0 Å². The molecule has 2 aromatic rings. The van der Waals surface area contributed by atoms with Crippen LogP contribution in [0.3, 0.4) is 0 Å². The summed E-state index contributed by atoms with van der Waals surface area (Å²) in [6, 6.07) is 11.8. The maximum Gasteiger partial charge on any atom is 0.255 e. The summed E-state index contributed by atoms with van der Waals surface area (Å²) < 4.78 is 0. The molecule has 106 valence electrons. The Labute approximate surface area is 127 Å². The average Bonchev–Trinajstić information content (AvgIpc) is 2.49. The van der Waals surface area contributed by atoms with Crippen LogP contribution in [0.5, 0.6) is 0 Å². The van der Waals surface area contributed by atoms with Gasteiger partial charge in [-0.15, -0.1) is 0 Å². The molecule has 0 heterocycles. The number of anilines is 2. The van der Waals surface area contributed by atoms with Gasteiger partial charge in [0.05, 0.1) is 28.0 Å². The number of rotatable bonds is 3. The molecule has 0 spiro atoms. The molecule has 1 amide bonds. The Bertz CT molecular complexity index is 737. The van der Waals surface area contributed by atoms with Gasteiger partial charge in [0, 0.05) is 5.56 Å². The zero-order valence-electron chi connectivity index (χ0n) is 11.3. The minimum absolute atomic E-state index is 0.307. The number of hydrazine groups is 1. The highest BCUT2D eigenvalue weighted by Gasteiger charge is 2.10. The van der Waals surface area contributed by atoms with Crippen molar-refractivity contribution in [3.8, 4) is 6.07 Å². The molecule has 0 atom stereocenters. The molecular weight excluding hydrogens is 288 g/mol. The topological polar surface area (TPSA) is 90.9 Å². The number of nitrogens with one attached hydrogen (secondary N) is 2. The van der Waals surface area contributed by atoms with Crippen molar-refractivity contribution in [2.24, 2.45) is 5.84 Å². The molecule has 0 radical (unpaired) electrons. The second-order valence-corrected chi connectivity index (χ2v) is 4.84. The first-order chi connectivity index (χ1) is 10.0. The van der Waals surface area contributed by atoms with Gasteiger partial charge in [0.1, 0.15) is 0 Å². The van der Waals surface area contributed by atoms with E-state index < -0.39 is 0 Å². The molecule has 2 aromatic carbocycles. The van der Waals surface area contributed by atoms with Crippen LogP contribution in [0, 0.1) is 18.3 Å². The second-order valence-electron chi connectivity index (χ2n) is 4.43. The van der Waals surface area contributed by atoms with Crippen LogP contribution in [0.1, 0.15) is 21.5 Å². The standard InChI is InChI=1S/C15H13ClN4O/c1-9-6-11(3-5-13(9)20-18)15(21)19-14-7-10(8-17)2-4-12(14)16/h2-7,20H,18H2,1H3,(H,19,21). The lowest BCUT2D eigenvalue weighted by Crippen LogP contribution is -2.14. The Morgan fingerprint density at radius 1 is 1.24 bits per heavy atom. The Morgan fingerprint density at radius 3 is 2.62 bits per heavy atom. The maximum atomic E-state index is 12.2. The molecular formula is C15H13ClN4O. The Hall–Kier alpha value is -2.55. The van der Waals surface area contributed by atoms with Crippen LogP contribution in [0.4, 0.5) is 11.4 Å². The summed E-state index contributed by atoms with van der Waals surface area (Å²) in [5.41, 5.74) is 5.45. The van der Waals surface area contributed by atoms with Crippen molar-refractivity contribution in [1.82, 2.24) is 0 Å². The number of carbonyl (C=O) groups excluding carboxylic acids is 1. The fourth-order valence-corrected chi connectivity index (χ4v) is 2.02. The lowest BCUT2D eigenvalue weighted by molar-refractivity contribution is 0.102. The van der Waals surface area contributed by atoms with E-state index in [-0.39, 0.29) is 5.91 Å². The number of amides is 1. The molecule has 0 fully saturated rings. The molecule has 2 rings (SSSR count). The number of nitriles is 1. The summed E-state index contributed by atoms with van der Waals surface area (Å²) >= 11 is 6.01. The van der Waals surface area contributed by atoms with Gasteiger partial charge in [-0.3, -0.25) is 10.6 Å². The van der Waals surface area contributed by atoms with E-state index in [0.717, 1.165) is 11.3 Å². The minimum atomic E-state index is -0.307. The van der Waals surface area contributed by atoms with Crippen LogP contribution in [-0.2, 0) is 0 Å². The van der Waals surface area contributed by atoms with Crippen LogP contribution in [0.25, 0.3) is 0 Å². The number of halogens is 1. The summed E-state index contributed by atoms with van der Waals surface area (Å²) in [7, 11) is 0. The van der Waals surface area contributed by atoms with Gasteiger partial charge in [0.25, 0.3) is 5.91 Å². The van der Waals surface area contributed by atoms with Gasteiger partial charge in [-0.2, -0.15) is 5.26 Å². The summed E-state index contributed by atoms with van der Waals surface area (Å²) in [6.45, 7) is 1.84. The Kier molecular flexibility index (Phi) is 4.43. The highest BCUT2D eigenvalue weighted by atomic mass is 35.5. The number of nitrogens with two attached hydrogens (primary N) is 1. The van der Waals surface area contributed by atoms with Gasteiger partial charge in [-0.25, -0.2) is 0 Å². The molecule has 0 bridgehead atoms. The van der Waals surface area contributed by atoms with Crippen molar-refractivity contribution >= 4 is 28.9 Å². The van der Waals surface area contributed by atoms with Crippen LogP contribution >= 0.6 is 11.6 Å². The number of hydrogen-bond acceptors (Lipinski definition) is 4. The fourth-order valence-electron chi connectivity index (χ4n) is 1.85. The van der Waals surface area contributed by atoms with Gasteiger partial charge in [0.2, 0.25) is 0 Å². The normalized spacial score (nSPS) is 9.81. The third-order valence-corrected chi connectivity index (χ3v) is 3.32. The number of benzene rings is 2. The number of carbonyl (C=O) groups is 1. The third-order valence-electron chi connectivity index (χ3n) is 2.99. The van der Waals surface area contributed by atoms with Crippen molar-refractivity contribution in [2.45, 2.75) is 6.92 Å². The smallest absolute Gasteiger partial charge is 0.255 e. The molecule has 0 aromatic heterocycles. The van der Waals surface area contributed by atoms with Crippen LogP contribution in [-0.4, -0.2) is 5.91 Å². The minimum Gasteiger partial charge on any atom is -0.324 e. The number of hydrogen-bond donors (Lipinski definition) is 3. The SMILES string of the molecule is Cc1cc(C(=O)Nc2cc(C#N)ccc2Cl)ccc1NN. The largest absolute Gasteiger partial charge is 0.324 e. The van der Waals surface area contributed by atoms with E-state index in [4.69, 9.17) is 22.7 Å². The second kappa shape index (κ2) is 6.27. The number of nitrogen functional groups attached to an aromatic ring is 1. The highest BCUT2D eigenvalue weighted by molar-refractivity contribution is 6.34. The van der Waals surface area contributed by atoms with Crippen molar-refractivity contribution < 1.29 is 4.79 Å². The third kappa shape index (κ3) is 3.31. The molecule has 21 heavy (non-hydrogen) atoms. The molecule has 0 aliphatic heterocycles. The van der Waals surface area contributed by atoms with Gasteiger partial charge < -0.3 is 10.7 Å². The average molecular weight is 301 g/mol. The first-order valence-corrected chi connectivity index (χ1v) is 6.51. The van der Waals surface area contributed by atoms with E-state index in [2.05, 4.69) is 10.7 Å². The molecule has 5 nitrogen and oxygen atoms in total. The van der Waals surface area contributed by atoms with E-state index in [0.29, 0.717) is 21.8 Å². The zero-order valence-corrected chi connectivity index (χ0v) is 12.0. The molecule has 6 heteroatoms. The summed E-state index contributed by atoms with van der Waals surface area (Å²) in [6.07, 6.45) is 0. The summed E-state index contributed by atoms with van der Waals surface area (Å²) in [4.78, 5) is 12.2. The number of nitrogens with zero attached hydrogens (tertiary/aromatic N) is 1. The lowest BCUT2D eigenvalue weighted by atomic mass is 10.1. The van der Waals surface area contributed by atoms with Crippen molar-refractivity contribution in [2.75, 3.05) is 10.7 Å². The van der Waals surface area contributed by atoms with E-state index in [1.54, 1.807) is 30.3 Å². The first-order valence-electron chi connectivity index (χ1n) is 6.13. The van der Waals surface area contributed by atoms with Gasteiger partial charge in [-0.1, -0.05) is 11.6 Å². The monoisotopic (exact) mass is 300 g/mol. The quantitative estimate of drug-likeness (QED) is 0.600. The summed E-state index contributed by atoms with van der Waals surface area (Å²) in [5.74, 6) is 5.05. The van der Waals surface area contributed by atoms with Crippen molar-refractivity contribution in [1.29, 1.82) is 5.26 Å². The Morgan fingerprint density at radius 2 is 2.00 bits per heavy atom. The van der Waals surface area contributed by atoms with Crippen LogP contribution in [0.15, 0.2) is 36.4 Å². The number of aryl methyl sites for hydroxylation is 1. The van der Waals surface area contributed by atoms with E-state index in [1.165, 1.54) is 6.07 Å². The predicted octanol–water partition coefficient (Wildman–Crippen LogP) is 3.06. The molecule has 0 aliphatic rings. The maximum absolute atomic E-state index is 12.2. The summed E-state index contributed by atoms with van der Waals surface area (Å²) in [5, 5.41) is 11.9. The molecule has 0 saturated carbocycles. The van der Waals surface area contributed by atoms with Crippen molar-refractivity contribution in [3.05, 3.63) is 58.1 Å². The first kappa shape index (κ1) is 14.9. The van der Waals surface area contributed by atoms with E-state index in [1.807, 2.05) is 13.0 Å². The molecule has 4 N–H and O–H groups in total. The van der Waals surface area contributed by atoms with Gasteiger partial charge in [-0.05, 0) is 48.9 Å². The van der Waals surface area contributed by atoms with Gasteiger partial charge >= 0.3 is 0 Å². The fraction of sp³-hybridized carbons (Fsp3) is 0.0667. The lowest BCUT2D eigenvalue weighted by Gasteiger charge is -2.10.